The molecular weight excluding hydrogens is 494 g/mol. The summed E-state index contributed by atoms with van der Waals surface area (Å²) in [6, 6.07) is -0.246. The summed E-state index contributed by atoms with van der Waals surface area (Å²) in [5, 5.41) is 44.1. The number of cyclic esters (lactones) is 1. The summed E-state index contributed by atoms with van der Waals surface area (Å²) in [6.45, 7) is 13.3. The Morgan fingerprint density at radius 3 is 2.03 bits per heavy atom. The number of carbonyl (C=O) groups excluding carboxylic acids is 2. The molecule has 0 aliphatic carbocycles. The van der Waals surface area contributed by atoms with Crippen LogP contribution in [0.25, 0.3) is 0 Å². The number of likely N-dealkylation sites (N-methyl/N-ethyl adjacent to an activating group) is 1. The molecule has 0 saturated carbocycles. The number of ether oxygens (including phenoxy) is 3. The number of carbonyl (C=O) groups is 2. The predicted octanol–water partition coefficient (Wildman–Crippen LogP) is 1.36. The molecular formula is C28H51NO9. The van der Waals surface area contributed by atoms with E-state index in [-0.39, 0.29) is 18.2 Å². The van der Waals surface area contributed by atoms with Crippen LogP contribution in [0.15, 0.2) is 0 Å². The molecule has 0 aromatic carbocycles. The van der Waals surface area contributed by atoms with Crippen molar-refractivity contribution in [3.05, 3.63) is 0 Å². The highest BCUT2D eigenvalue weighted by molar-refractivity contribution is 5.83. The summed E-state index contributed by atoms with van der Waals surface area (Å²) in [5.74, 6) is -4.33. The molecule has 10 nitrogen and oxygen atoms in total. The third-order valence-corrected chi connectivity index (χ3v) is 8.91. The fourth-order valence-electron chi connectivity index (χ4n) is 5.97. The Kier molecular flexibility index (Phi) is 11.3. The van der Waals surface area contributed by atoms with Crippen molar-refractivity contribution in [3.63, 3.8) is 0 Å². The molecule has 0 amide bonds. The molecule has 38 heavy (non-hydrogen) atoms. The summed E-state index contributed by atoms with van der Waals surface area (Å²) < 4.78 is 18.0. The number of rotatable bonds is 3. The number of hydrogen-bond acceptors (Lipinski definition) is 10. The van der Waals surface area contributed by atoms with Gasteiger partial charge in [0.15, 0.2) is 6.29 Å². The van der Waals surface area contributed by atoms with Gasteiger partial charge in [0, 0.05) is 36.1 Å². The zero-order valence-corrected chi connectivity index (χ0v) is 24.7. The molecule has 0 bridgehead atoms. The summed E-state index contributed by atoms with van der Waals surface area (Å²) in [4.78, 5) is 28.3. The van der Waals surface area contributed by atoms with Gasteiger partial charge in [0.05, 0.1) is 42.0 Å². The zero-order valence-electron chi connectivity index (χ0n) is 24.7. The van der Waals surface area contributed by atoms with Crippen LogP contribution in [0.4, 0.5) is 0 Å². The van der Waals surface area contributed by atoms with Crippen molar-refractivity contribution >= 4 is 11.8 Å². The van der Waals surface area contributed by atoms with Gasteiger partial charge < -0.3 is 39.5 Å². The predicted molar refractivity (Wildman–Crippen MR) is 141 cm³/mol. The van der Waals surface area contributed by atoms with E-state index in [2.05, 4.69) is 0 Å². The minimum absolute atomic E-state index is 0.0320. The highest BCUT2D eigenvalue weighted by Crippen LogP contribution is 2.35. The summed E-state index contributed by atoms with van der Waals surface area (Å²) in [7, 11) is 3.71. The molecule has 4 N–H and O–H groups in total. The van der Waals surface area contributed by atoms with E-state index in [1.54, 1.807) is 48.5 Å². The van der Waals surface area contributed by atoms with Crippen LogP contribution in [-0.2, 0) is 23.8 Å². The van der Waals surface area contributed by atoms with Gasteiger partial charge >= 0.3 is 5.97 Å². The van der Waals surface area contributed by atoms with Crippen molar-refractivity contribution in [1.29, 1.82) is 0 Å². The Bertz CT molecular complexity index is 805. The maximum absolute atomic E-state index is 13.3. The molecule has 0 aromatic rings. The zero-order chi connectivity index (χ0) is 29.3. The molecule has 2 fully saturated rings. The van der Waals surface area contributed by atoms with E-state index in [0.29, 0.717) is 6.42 Å². The van der Waals surface area contributed by atoms with Gasteiger partial charge in [-0.2, -0.15) is 0 Å². The van der Waals surface area contributed by atoms with Gasteiger partial charge in [-0.1, -0.05) is 27.7 Å². The number of aliphatic hydroxyl groups excluding tert-OH is 3. The Labute approximate surface area is 227 Å². The molecule has 2 rings (SSSR count). The van der Waals surface area contributed by atoms with E-state index in [1.165, 1.54) is 6.92 Å². The summed E-state index contributed by atoms with van der Waals surface area (Å²) >= 11 is 0. The molecule has 14 atom stereocenters. The SMILES string of the molecule is CC1O[C@@H](O[C@H]2[C@H](C)[C@@H](O)[C@](C)(O)C[C@@H](C)C(=O)[C@H](C)[C@@H](O)[C@@H](C)[C@@H](C)OC(=O)[C@@H]2C)CC(N(C)C)[C@@H]1O. The minimum atomic E-state index is -1.68. The van der Waals surface area contributed by atoms with Gasteiger partial charge in [0.1, 0.15) is 11.9 Å². The van der Waals surface area contributed by atoms with Crippen LogP contribution < -0.4 is 0 Å². The van der Waals surface area contributed by atoms with Gasteiger partial charge in [0.2, 0.25) is 0 Å². The largest absolute Gasteiger partial charge is 0.462 e. The van der Waals surface area contributed by atoms with Gasteiger partial charge in [-0.25, -0.2) is 0 Å². The summed E-state index contributed by atoms with van der Waals surface area (Å²) in [5.41, 5.74) is -1.68. The van der Waals surface area contributed by atoms with Gasteiger partial charge in [0.25, 0.3) is 0 Å². The lowest BCUT2D eigenvalue weighted by atomic mass is 9.75. The molecule has 2 aliphatic heterocycles. The molecule has 2 unspecified atom stereocenters. The topological polar surface area (TPSA) is 146 Å². The van der Waals surface area contributed by atoms with E-state index in [9.17, 15) is 30.0 Å². The normalized spacial score (nSPS) is 48.4. The number of hydrogen-bond donors (Lipinski definition) is 4. The second-order valence-corrected chi connectivity index (χ2v) is 12.4. The minimum Gasteiger partial charge on any atom is -0.462 e. The Morgan fingerprint density at radius 1 is 0.895 bits per heavy atom. The van der Waals surface area contributed by atoms with E-state index >= 15 is 0 Å². The van der Waals surface area contributed by atoms with Crippen LogP contribution in [0.1, 0.15) is 68.2 Å². The standard InChI is InChI=1S/C28H51NO9/c1-13-12-28(8,35)26(33)16(4)25(38-21-11-20(29(9)10)24(32)19(7)36-21)17(5)27(34)37-18(6)14(2)23(31)15(3)22(13)30/h13-21,23-26,31-33,35H,11-12H2,1-10H3/t13-,14+,15+,16+,17-,18-,19?,20?,21+,23+,24-,25+,26-,28-/m1/s1. The van der Waals surface area contributed by atoms with E-state index in [4.69, 9.17) is 14.2 Å². The molecule has 2 heterocycles. The maximum atomic E-state index is 13.3. The third kappa shape index (κ3) is 7.33. The van der Waals surface area contributed by atoms with E-state index < -0.39 is 84.1 Å². The maximum Gasteiger partial charge on any atom is 0.311 e. The molecule has 0 aromatic heterocycles. The highest BCUT2D eigenvalue weighted by atomic mass is 16.7. The van der Waals surface area contributed by atoms with Crippen LogP contribution in [0.5, 0.6) is 0 Å². The Balaban J connectivity index is 2.45. The lowest BCUT2D eigenvalue weighted by Crippen LogP contribution is -2.56. The first-order valence-corrected chi connectivity index (χ1v) is 13.9. The van der Waals surface area contributed by atoms with E-state index in [0.717, 1.165) is 0 Å². The van der Waals surface area contributed by atoms with Crippen LogP contribution in [0.3, 0.4) is 0 Å². The monoisotopic (exact) mass is 545 g/mol. The fourth-order valence-corrected chi connectivity index (χ4v) is 5.97. The number of Topliss-reactive ketones (excluding diaryl/α,β-unsaturated/α-hetero) is 1. The second-order valence-electron chi connectivity index (χ2n) is 12.4. The average Bonchev–Trinajstić information content (AvgIpc) is 2.84. The first-order valence-electron chi connectivity index (χ1n) is 13.9. The number of aliphatic hydroxyl groups is 4. The van der Waals surface area contributed by atoms with Crippen LogP contribution >= 0.6 is 0 Å². The van der Waals surface area contributed by atoms with E-state index in [1.807, 2.05) is 19.0 Å². The van der Waals surface area contributed by atoms with Crippen molar-refractivity contribution in [2.75, 3.05) is 14.1 Å². The van der Waals surface area contributed by atoms with Crippen molar-refractivity contribution < 1.29 is 44.2 Å². The molecule has 2 aliphatic rings. The van der Waals surface area contributed by atoms with Crippen molar-refractivity contribution in [1.82, 2.24) is 4.90 Å². The van der Waals surface area contributed by atoms with Gasteiger partial charge in [-0.05, 0) is 48.2 Å². The lowest BCUT2D eigenvalue weighted by molar-refractivity contribution is -0.268. The highest BCUT2D eigenvalue weighted by Gasteiger charge is 2.47. The summed E-state index contributed by atoms with van der Waals surface area (Å²) in [6.07, 6.45) is -5.74. The second kappa shape index (κ2) is 13.0. The molecule has 2 saturated heterocycles. The number of esters is 1. The quantitative estimate of drug-likeness (QED) is 0.383. The van der Waals surface area contributed by atoms with Crippen molar-refractivity contribution in [3.8, 4) is 0 Å². The smallest absolute Gasteiger partial charge is 0.311 e. The van der Waals surface area contributed by atoms with Crippen molar-refractivity contribution in [2.45, 2.75) is 123 Å². The third-order valence-electron chi connectivity index (χ3n) is 8.91. The van der Waals surface area contributed by atoms with Gasteiger partial charge in [-0.3, -0.25) is 9.59 Å². The van der Waals surface area contributed by atoms with Crippen molar-refractivity contribution in [2.24, 2.45) is 29.6 Å². The molecule has 0 radical (unpaired) electrons. The van der Waals surface area contributed by atoms with Crippen LogP contribution in [0.2, 0.25) is 0 Å². The lowest BCUT2D eigenvalue weighted by Gasteiger charge is -2.44. The number of nitrogens with zero attached hydrogens (tertiary/aromatic N) is 1. The van der Waals surface area contributed by atoms with Crippen LogP contribution in [-0.4, -0.2) is 106 Å². The molecule has 0 spiro atoms. The van der Waals surface area contributed by atoms with Crippen LogP contribution in [0, 0.1) is 29.6 Å². The average molecular weight is 546 g/mol. The first-order chi connectivity index (χ1) is 17.4. The van der Waals surface area contributed by atoms with Gasteiger partial charge in [-0.15, -0.1) is 0 Å². The first kappa shape index (κ1) is 33.1. The Morgan fingerprint density at radius 2 is 1.47 bits per heavy atom. The number of ketones is 1. The Hall–Kier alpha value is -1.14. The fraction of sp³-hybridized carbons (Fsp3) is 0.929. The molecule has 10 heteroatoms. The molecule has 222 valence electrons.